The Bertz CT molecular complexity index is 1190. The van der Waals surface area contributed by atoms with Crippen LogP contribution in [0.3, 0.4) is 0 Å². The largest absolute Gasteiger partial charge is 0.391 e. The van der Waals surface area contributed by atoms with Gasteiger partial charge in [-0.3, -0.25) is 10.1 Å². The molecule has 1 fully saturated rings. The predicted molar refractivity (Wildman–Crippen MR) is 114 cm³/mol. The molecule has 11 heteroatoms. The normalized spacial score (nSPS) is 18.5. The van der Waals surface area contributed by atoms with E-state index in [2.05, 4.69) is 35.6 Å². The molecule has 1 aliphatic heterocycles. The molecule has 4 aromatic heterocycles. The second-order valence-corrected chi connectivity index (χ2v) is 7.72. The van der Waals surface area contributed by atoms with E-state index in [-0.39, 0.29) is 6.04 Å². The number of rotatable bonds is 5. The first kappa shape index (κ1) is 19.5. The van der Waals surface area contributed by atoms with Crippen molar-refractivity contribution in [3.63, 3.8) is 0 Å². The van der Waals surface area contributed by atoms with E-state index < -0.39 is 6.10 Å². The van der Waals surface area contributed by atoms with Gasteiger partial charge in [0.05, 0.1) is 24.0 Å². The fourth-order valence-electron chi connectivity index (χ4n) is 3.57. The predicted octanol–water partition coefficient (Wildman–Crippen LogP) is 3.27. The lowest BCUT2D eigenvalue weighted by Gasteiger charge is -2.22. The van der Waals surface area contributed by atoms with Gasteiger partial charge in [0, 0.05) is 37.0 Å². The van der Waals surface area contributed by atoms with E-state index in [1.807, 2.05) is 42.2 Å². The van der Waals surface area contributed by atoms with E-state index in [4.69, 9.17) is 16.1 Å². The summed E-state index contributed by atoms with van der Waals surface area (Å²) >= 11 is 6.28. The molecule has 31 heavy (non-hydrogen) atoms. The minimum Gasteiger partial charge on any atom is -0.391 e. The Hall–Kier alpha value is -3.50. The average molecular weight is 439 g/mol. The van der Waals surface area contributed by atoms with Crippen LogP contribution in [-0.4, -0.2) is 48.1 Å². The first-order valence-electron chi connectivity index (χ1n) is 9.71. The number of pyridine rings is 1. The van der Waals surface area contributed by atoms with Crippen molar-refractivity contribution in [1.82, 2.24) is 30.3 Å². The first-order chi connectivity index (χ1) is 15.1. The van der Waals surface area contributed by atoms with Crippen LogP contribution in [-0.2, 0) is 0 Å². The topological polar surface area (TPSA) is 129 Å². The SMILES string of the molecule is Cc1cc(Nc2nc(N3C[C@@H](O)C[C@H]3c3cc(-c4ccccn4)no3)ncc2Cl)n[nH]1. The molecule has 0 amide bonds. The zero-order chi connectivity index (χ0) is 21.4. The summed E-state index contributed by atoms with van der Waals surface area (Å²) in [6, 6.07) is 8.99. The third-order valence-electron chi connectivity index (χ3n) is 5.00. The van der Waals surface area contributed by atoms with Gasteiger partial charge in [-0.15, -0.1) is 0 Å². The number of hydrogen-bond donors (Lipinski definition) is 3. The summed E-state index contributed by atoms with van der Waals surface area (Å²) in [6.45, 7) is 2.25. The molecular formula is C20H19ClN8O2. The number of β-amino-alcohol motifs (C(OH)–C–C–N with tert-alkyl or cyclic N) is 1. The van der Waals surface area contributed by atoms with Crippen LogP contribution in [0.25, 0.3) is 11.4 Å². The van der Waals surface area contributed by atoms with Crippen LogP contribution in [0.5, 0.6) is 0 Å². The fourth-order valence-corrected chi connectivity index (χ4v) is 3.71. The Kier molecular flexibility index (Phi) is 5.00. The van der Waals surface area contributed by atoms with Gasteiger partial charge in [0.2, 0.25) is 5.95 Å². The molecule has 3 N–H and O–H groups in total. The molecule has 1 saturated heterocycles. The Morgan fingerprint density at radius 3 is 2.94 bits per heavy atom. The van der Waals surface area contributed by atoms with E-state index in [1.54, 1.807) is 6.20 Å². The molecule has 158 valence electrons. The van der Waals surface area contributed by atoms with E-state index in [0.717, 1.165) is 5.69 Å². The Morgan fingerprint density at radius 2 is 2.16 bits per heavy atom. The quantitative estimate of drug-likeness (QED) is 0.429. The number of aromatic amines is 1. The number of nitrogens with zero attached hydrogens (tertiary/aromatic N) is 6. The molecule has 0 aliphatic carbocycles. The molecule has 0 bridgehead atoms. The van der Waals surface area contributed by atoms with Crippen molar-refractivity contribution in [3.8, 4) is 11.4 Å². The number of aliphatic hydroxyl groups is 1. The van der Waals surface area contributed by atoms with Gasteiger partial charge in [-0.2, -0.15) is 10.1 Å². The maximum Gasteiger partial charge on any atom is 0.228 e. The zero-order valence-electron chi connectivity index (χ0n) is 16.5. The van der Waals surface area contributed by atoms with Gasteiger partial charge in [0.25, 0.3) is 0 Å². The van der Waals surface area contributed by atoms with Crippen LogP contribution in [0.1, 0.15) is 23.9 Å². The van der Waals surface area contributed by atoms with Gasteiger partial charge < -0.3 is 19.8 Å². The molecule has 4 aromatic rings. The van der Waals surface area contributed by atoms with Crippen LogP contribution < -0.4 is 10.2 Å². The lowest BCUT2D eigenvalue weighted by molar-refractivity contribution is 0.192. The van der Waals surface area contributed by atoms with Gasteiger partial charge in [-0.25, -0.2) is 4.98 Å². The number of aliphatic hydroxyl groups excluding tert-OH is 1. The third-order valence-corrected chi connectivity index (χ3v) is 5.28. The first-order valence-corrected chi connectivity index (χ1v) is 10.1. The summed E-state index contributed by atoms with van der Waals surface area (Å²) in [5.41, 5.74) is 2.25. The Morgan fingerprint density at radius 1 is 1.26 bits per heavy atom. The molecule has 10 nitrogen and oxygen atoms in total. The third kappa shape index (κ3) is 3.94. The molecular weight excluding hydrogens is 420 g/mol. The van der Waals surface area contributed by atoms with Crippen LogP contribution in [0.4, 0.5) is 17.6 Å². The maximum absolute atomic E-state index is 10.4. The van der Waals surface area contributed by atoms with Crippen molar-refractivity contribution in [3.05, 3.63) is 59.2 Å². The number of nitrogens with one attached hydrogen (secondary N) is 2. The fraction of sp³-hybridized carbons (Fsp3) is 0.250. The minimum atomic E-state index is -0.557. The maximum atomic E-state index is 10.4. The van der Waals surface area contributed by atoms with Crippen LogP contribution in [0.15, 0.2) is 47.2 Å². The van der Waals surface area contributed by atoms with Gasteiger partial charge >= 0.3 is 0 Å². The van der Waals surface area contributed by atoms with Gasteiger partial charge in [-0.05, 0) is 19.1 Å². The molecule has 0 radical (unpaired) electrons. The highest BCUT2D eigenvalue weighted by Gasteiger charge is 2.37. The molecule has 5 rings (SSSR count). The average Bonchev–Trinajstić information content (AvgIpc) is 3.50. The van der Waals surface area contributed by atoms with E-state index in [9.17, 15) is 5.11 Å². The molecule has 0 aromatic carbocycles. The summed E-state index contributed by atoms with van der Waals surface area (Å²) in [7, 11) is 0. The van der Waals surface area contributed by atoms with E-state index >= 15 is 0 Å². The van der Waals surface area contributed by atoms with Crippen molar-refractivity contribution < 1.29 is 9.63 Å². The standard InChI is InChI=1S/C20H19ClN8O2/c1-11-6-18(27-26-11)24-19-13(21)9-23-20(25-19)29-10-12(30)7-16(29)17-8-15(28-31-17)14-4-2-3-5-22-14/h2-6,8-9,12,16,30H,7,10H2,1H3,(H2,23,24,25,26,27)/t12-,16-/m0/s1. The highest BCUT2D eigenvalue weighted by Crippen LogP contribution is 2.37. The molecule has 0 spiro atoms. The minimum absolute atomic E-state index is 0.276. The molecule has 1 aliphatic rings. The highest BCUT2D eigenvalue weighted by molar-refractivity contribution is 6.32. The van der Waals surface area contributed by atoms with Gasteiger partial charge in [0.1, 0.15) is 10.7 Å². The molecule has 0 saturated carbocycles. The number of aryl methyl sites for hydroxylation is 1. The number of halogens is 1. The number of hydrogen-bond acceptors (Lipinski definition) is 9. The van der Waals surface area contributed by atoms with Crippen molar-refractivity contribution in [2.75, 3.05) is 16.8 Å². The van der Waals surface area contributed by atoms with Crippen LogP contribution in [0, 0.1) is 6.92 Å². The molecule has 5 heterocycles. The second kappa shape index (κ2) is 7.97. The van der Waals surface area contributed by atoms with Crippen molar-refractivity contribution in [2.24, 2.45) is 0 Å². The number of anilines is 3. The zero-order valence-corrected chi connectivity index (χ0v) is 17.3. The number of aromatic nitrogens is 6. The van der Waals surface area contributed by atoms with Crippen LogP contribution in [0.2, 0.25) is 5.02 Å². The summed E-state index contributed by atoms with van der Waals surface area (Å²) in [6.07, 6.45) is 3.13. The number of H-pyrrole nitrogens is 1. The molecule has 0 unspecified atom stereocenters. The summed E-state index contributed by atoms with van der Waals surface area (Å²) in [5.74, 6) is 2.03. The smallest absolute Gasteiger partial charge is 0.228 e. The van der Waals surface area contributed by atoms with Gasteiger partial charge in [-0.1, -0.05) is 22.8 Å². The van der Waals surface area contributed by atoms with E-state index in [0.29, 0.717) is 52.7 Å². The monoisotopic (exact) mass is 438 g/mol. The Labute approximate surface area is 182 Å². The lowest BCUT2D eigenvalue weighted by Crippen LogP contribution is -2.26. The lowest BCUT2D eigenvalue weighted by atomic mass is 10.1. The van der Waals surface area contributed by atoms with Crippen LogP contribution >= 0.6 is 11.6 Å². The van der Waals surface area contributed by atoms with Crippen molar-refractivity contribution in [1.29, 1.82) is 0 Å². The second-order valence-electron chi connectivity index (χ2n) is 7.31. The summed E-state index contributed by atoms with van der Waals surface area (Å²) in [5, 5.41) is 25.0. The van der Waals surface area contributed by atoms with E-state index in [1.165, 1.54) is 6.20 Å². The van der Waals surface area contributed by atoms with Crippen molar-refractivity contribution >= 4 is 29.2 Å². The van der Waals surface area contributed by atoms with Crippen molar-refractivity contribution in [2.45, 2.75) is 25.5 Å². The Balaban J connectivity index is 1.44. The summed E-state index contributed by atoms with van der Waals surface area (Å²) in [4.78, 5) is 15.1. The molecule has 2 atom stereocenters. The van der Waals surface area contributed by atoms with Gasteiger partial charge in [0.15, 0.2) is 17.4 Å². The summed E-state index contributed by atoms with van der Waals surface area (Å²) < 4.78 is 5.60. The highest BCUT2D eigenvalue weighted by atomic mass is 35.5.